The number of benzene rings is 2. The van der Waals surface area contributed by atoms with E-state index in [2.05, 4.69) is 22.3 Å². The molecule has 39 heavy (non-hydrogen) atoms. The number of nitrogens with one attached hydrogen (secondary N) is 1. The first-order chi connectivity index (χ1) is 18.5. The number of esters is 2. The molecule has 1 N–H and O–H groups in total. The predicted octanol–water partition coefficient (Wildman–Crippen LogP) is 5.09. The Kier molecular flexibility index (Phi) is 9.64. The molecule has 0 spiro atoms. The average Bonchev–Trinajstić information content (AvgIpc) is 2.90. The third-order valence-corrected chi connectivity index (χ3v) is 6.63. The van der Waals surface area contributed by atoms with Crippen molar-refractivity contribution in [3.8, 4) is 0 Å². The number of carbonyl (C=O) groups is 2. The van der Waals surface area contributed by atoms with Crippen molar-refractivity contribution < 1.29 is 24.0 Å². The zero-order valence-electron chi connectivity index (χ0n) is 23.4. The van der Waals surface area contributed by atoms with Gasteiger partial charge in [0.15, 0.2) is 0 Å². The van der Waals surface area contributed by atoms with E-state index >= 15 is 0 Å². The van der Waals surface area contributed by atoms with Gasteiger partial charge in [-0.15, -0.1) is 0 Å². The van der Waals surface area contributed by atoms with Crippen LogP contribution in [0.2, 0.25) is 0 Å². The van der Waals surface area contributed by atoms with E-state index in [1.807, 2.05) is 46.0 Å². The maximum atomic E-state index is 13.7. The second kappa shape index (κ2) is 12.7. The van der Waals surface area contributed by atoms with Crippen molar-refractivity contribution in [3.63, 3.8) is 0 Å². The first-order valence-electron chi connectivity index (χ1n) is 12.9. The van der Waals surface area contributed by atoms with Crippen molar-refractivity contribution in [1.82, 2.24) is 10.2 Å². The number of nitrogens with zero attached hydrogens (tertiary/aromatic N) is 2. The van der Waals surface area contributed by atoms with Crippen molar-refractivity contribution >= 4 is 17.6 Å². The van der Waals surface area contributed by atoms with Gasteiger partial charge in [0.25, 0.3) is 5.69 Å². The standard InChI is InChI=1S/C30H37N3O6/c1-7-24-27(29(35)39-19-30(3,4)18-32(5)17-21-12-9-8-10-13-21)26(25(20(2)31-24)28(34)38-6)22-14-11-15-23(16-22)33(36)37/h8-16,26,31H,7,17-19H2,1-6H3. The Morgan fingerprint density at radius 3 is 2.38 bits per heavy atom. The Balaban J connectivity index is 1.89. The number of allylic oxidation sites excluding steroid dienone is 2. The van der Waals surface area contributed by atoms with Gasteiger partial charge in [-0.2, -0.15) is 0 Å². The summed E-state index contributed by atoms with van der Waals surface area (Å²) in [6, 6.07) is 16.1. The number of rotatable bonds is 11. The monoisotopic (exact) mass is 535 g/mol. The number of non-ortho nitro benzene ring substituents is 1. The Hall–Kier alpha value is -3.98. The van der Waals surface area contributed by atoms with Gasteiger partial charge >= 0.3 is 11.9 Å². The molecule has 0 aromatic heterocycles. The van der Waals surface area contributed by atoms with Crippen LogP contribution in [0.5, 0.6) is 0 Å². The fourth-order valence-corrected chi connectivity index (χ4v) is 5.01. The number of nitro benzene ring substituents is 1. The van der Waals surface area contributed by atoms with Crippen LogP contribution in [0, 0.1) is 15.5 Å². The van der Waals surface area contributed by atoms with Crippen LogP contribution in [0.25, 0.3) is 0 Å². The van der Waals surface area contributed by atoms with E-state index in [4.69, 9.17) is 9.47 Å². The third kappa shape index (κ3) is 7.32. The lowest BCUT2D eigenvalue weighted by Gasteiger charge is -2.33. The maximum absolute atomic E-state index is 13.7. The first kappa shape index (κ1) is 29.6. The molecule has 9 heteroatoms. The number of hydrogen-bond donors (Lipinski definition) is 1. The van der Waals surface area contributed by atoms with E-state index in [-0.39, 0.29) is 28.9 Å². The van der Waals surface area contributed by atoms with Crippen LogP contribution in [0.4, 0.5) is 5.69 Å². The fraction of sp³-hybridized carbons (Fsp3) is 0.400. The van der Waals surface area contributed by atoms with Crippen molar-refractivity contribution in [3.05, 3.63) is 98.4 Å². The number of carbonyl (C=O) groups excluding carboxylic acids is 2. The molecule has 0 saturated carbocycles. The quantitative estimate of drug-likeness (QED) is 0.241. The summed E-state index contributed by atoms with van der Waals surface area (Å²) in [4.78, 5) is 39.8. The highest BCUT2D eigenvalue weighted by Crippen LogP contribution is 2.41. The topological polar surface area (TPSA) is 111 Å². The summed E-state index contributed by atoms with van der Waals surface area (Å²) in [5, 5.41) is 14.7. The van der Waals surface area contributed by atoms with Crippen molar-refractivity contribution in [2.45, 2.75) is 46.6 Å². The number of ether oxygens (including phenoxy) is 2. The van der Waals surface area contributed by atoms with E-state index < -0.39 is 22.8 Å². The molecular formula is C30H37N3O6. The lowest BCUT2D eigenvalue weighted by Crippen LogP contribution is -2.37. The summed E-state index contributed by atoms with van der Waals surface area (Å²) in [7, 11) is 3.28. The van der Waals surface area contributed by atoms with E-state index in [0.717, 1.165) is 6.54 Å². The molecule has 2 aromatic rings. The van der Waals surface area contributed by atoms with Gasteiger partial charge < -0.3 is 19.7 Å². The summed E-state index contributed by atoms with van der Waals surface area (Å²) in [6.07, 6.45) is 0.463. The molecule has 0 saturated heterocycles. The van der Waals surface area contributed by atoms with E-state index in [1.165, 1.54) is 24.8 Å². The van der Waals surface area contributed by atoms with Gasteiger partial charge in [-0.25, -0.2) is 9.59 Å². The summed E-state index contributed by atoms with van der Waals surface area (Å²) in [5.74, 6) is -2.09. The van der Waals surface area contributed by atoms with Gasteiger partial charge in [0.2, 0.25) is 0 Å². The van der Waals surface area contributed by atoms with Gasteiger partial charge in [-0.3, -0.25) is 10.1 Å². The maximum Gasteiger partial charge on any atom is 0.336 e. The van der Waals surface area contributed by atoms with E-state index in [0.29, 0.717) is 29.9 Å². The number of methoxy groups -OCH3 is 1. The minimum absolute atomic E-state index is 0.138. The van der Waals surface area contributed by atoms with Crippen LogP contribution in [0.1, 0.15) is 51.2 Å². The Labute approximate surface area is 229 Å². The smallest absolute Gasteiger partial charge is 0.336 e. The SMILES string of the molecule is CCC1=C(C(=O)OCC(C)(C)CN(C)Cc2ccccc2)C(c2cccc([N+](=O)[O-])c2)C(C(=O)OC)=C(C)N1. The molecule has 9 nitrogen and oxygen atoms in total. The highest BCUT2D eigenvalue weighted by Gasteiger charge is 2.39. The van der Waals surface area contributed by atoms with Gasteiger partial charge in [0, 0.05) is 42.0 Å². The molecule has 0 fully saturated rings. The minimum atomic E-state index is -0.884. The first-order valence-corrected chi connectivity index (χ1v) is 12.9. The number of dihydropyridines is 1. The van der Waals surface area contributed by atoms with Gasteiger partial charge in [0.05, 0.1) is 35.7 Å². The zero-order chi connectivity index (χ0) is 28.7. The second-order valence-corrected chi connectivity index (χ2v) is 10.6. The predicted molar refractivity (Wildman–Crippen MR) is 149 cm³/mol. The van der Waals surface area contributed by atoms with Crippen molar-refractivity contribution in [1.29, 1.82) is 0 Å². The summed E-state index contributed by atoms with van der Waals surface area (Å²) >= 11 is 0. The summed E-state index contributed by atoms with van der Waals surface area (Å²) < 4.78 is 10.9. The molecule has 1 aliphatic heterocycles. The van der Waals surface area contributed by atoms with Crippen LogP contribution in [-0.4, -0.2) is 49.1 Å². The Morgan fingerprint density at radius 2 is 1.77 bits per heavy atom. The molecule has 3 rings (SSSR count). The molecule has 1 unspecified atom stereocenters. The van der Waals surface area contributed by atoms with Crippen molar-refractivity contribution in [2.24, 2.45) is 5.41 Å². The highest BCUT2D eigenvalue weighted by molar-refractivity contribution is 6.00. The Bertz CT molecular complexity index is 1280. The van der Waals surface area contributed by atoms with E-state index in [9.17, 15) is 19.7 Å². The average molecular weight is 536 g/mol. The minimum Gasteiger partial charge on any atom is -0.466 e. The molecule has 0 radical (unpaired) electrons. The second-order valence-electron chi connectivity index (χ2n) is 10.6. The molecular weight excluding hydrogens is 498 g/mol. The molecule has 0 amide bonds. The van der Waals surface area contributed by atoms with Gasteiger partial charge in [-0.05, 0) is 31.5 Å². The van der Waals surface area contributed by atoms with Crippen molar-refractivity contribution in [2.75, 3.05) is 27.3 Å². The largest absolute Gasteiger partial charge is 0.466 e. The third-order valence-electron chi connectivity index (χ3n) is 6.63. The van der Waals surface area contributed by atoms with Gasteiger partial charge in [0.1, 0.15) is 0 Å². The molecule has 2 aromatic carbocycles. The van der Waals surface area contributed by atoms with Crippen LogP contribution in [-0.2, 0) is 25.6 Å². The number of hydrogen-bond acceptors (Lipinski definition) is 8. The van der Waals surface area contributed by atoms with Crippen LogP contribution >= 0.6 is 0 Å². The fourth-order valence-electron chi connectivity index (χ4n) is 5.01. The molecule has 0 aliphatic carbocycles. The summed E-state index contributed by atoms with van der Waals surface area (Å²) in [6.45, 7) is 9.24. The van der Waals surface area contributed by atoms with Crippen LogP contribution in [0.3, 0.4) is 0 Å². The normalized spacial score (nSPS) is 15.7. The molecule has 1 atom stereocenters. The molecule has 208 valence electrons. The highest BCUT2D eigenvalue weighted by atomic mass is 16.6. The molecule has 1 aliphatic rings. The lowest BCUT2D eigenvalue weighted by molar-refractivity contribution is -0.384. The Morgan fingerprint density at radius 1 is 1.08 bits per heavy atom. The zero-order valence-corrected chi connectivity index (χ0v) is 23.4. The van der Waals surface area contributed by atoms with Crippen LogP contribution in [0.15, 0.2) is 77.1 Å². The molecule has 0 bridgehead atoms. The lowest BCUT2D eigenvalue weighted by atomic mass is 9.79. The molecule has 1 heterocycles. The number of nitro groups is 1. The van der Waals surface area contributed by atoms with Gasteiger partial charge in [-0.1, -0.05) is 63.2 Å². The van der Waals surface area contributed by atoms with Crippen LogP contribution < -0.4 is 5.32 Å². The van der Waals surface area contributed by atoms with E-state index in [1.54, 1.807) is 19.1 Å². The summed E-state index contributed by atoms with van der Waals surface area (Å²) in [5.41, 5.74) is 2.70.